The zero-order chi connectivity index (χ0) is 28.5. The van der Waals surface area contributed by atoms with Crippen LogP contribution in [0.4, 0.5) is 0 Å². The van der Waals surface area contributed by atoms with Gasteiger partial charge in [0.15, 0.2) is 6.29 Å². The number of rotatable bonds is 16. The van der Waals surface area contributed by atoms with Crippen LogP contribution in [0.1, 0.15) is 52.7 Å². The van der Waals surface area contributed by atoms with Crippen LogP contribution in [0.25, 0.3) is 0 Å². The molecule has 1 saturated carbocycles. The molecule has 0 spiro atoms. The lowest BCUT2D eigenvalue weighted by molar-refractivity contribution is -0.112. The molecule has 1 aliphatic carbocycles. The van der Waals surface area contributed by atoms with Crippen LogP contribution in [-0.4, -0.2) is 92.1 Å². The molecular formula is C33H46N4O3. The molecule has 0 radical (unpaired) electrons. The minimum atomic E-state index is -0.280. The van der Waals surface area contributed by atoms with Gasteiger partial charge in [0.1, 0.15) is 18.6 Å². The molecule has 1 heterocycles. The van der Waals surface area contributed by atoms with Gasteiger partial charge >= 0.3 is 0 Å². The fraction of sp³-hybridized carbons (Fsp3) is 0.515. The molecule has 1 unspecified atom stereocenters. The van der Waals surface area contributed by atoms with Gasteiger partial charge in [0.05, 0.1) is 6.04 Å². The monoisotopic (exact) mass is 546 g/mol. The number of hydrogen-bond acceptors (Lipinski definition) is 7. The first kappa shape index (κ1) is 30.0. The number of allylic oxidation sites excluding steroid dienone is 1. The van der Waals surface area contributed by atoms with Gasteiger partial charge in [0, 0.05) is 76.7 Å². The second-order valence-electron chi connectivity index (χ2n) is 11.7. The van der Waals surface area contributed by atoms with Gasteiger partial charge in [-0.3, -0.25) is 14.6 Å². The van der Waals surface area contributed by atoms with Crippen LogP contribution in [0.5, 0.6) is 5.75 Å². The van der Waals surface area contributed by atoms with Crippen molar-refractivity contribution in [3.05, 3.63) is 77.0 Å². The van der Waals surface area contributed by atoms with E-state index in [2.05, 4.69) is 40.6 Å². The smallest absolute Gasteiger partial charge is 0.150 e. The first-order valence-corrected chi connectivity index (χ1v) is 14.6. The largest absolute Gasteiger partial charge is 0.489 e. The molecule has 7 nitrogen and oxygen atoms in total. The van der Waals surface area contributed by atoms with E-state index in [0.29, 0.717) is 30.9 Å². The van der Waals surface area contributed by atoms with Crippen LogP contribution in [0.15, 0.2) is 54.7 Å². The number of benzene rings is 2. The predicted octanol–water partition coefficient (Wildman–Crippen LogP) is 4.46. The van der Waals surface area contributed by atoms with Crippen molar-refractivity contribution in [2.75, 3.05) is 53.9 Å². The number of aldehydes is 2. The quantitative estimate of drug-likeness (QED) is 0.288. The van der Waals surface area contributed by atoms with E-state index in [1.54, 1.807) is 6.07 Å². The van der Waals surface area contributed by atoms with E-state index in [1.807, 2.05) is 43.1 Å². The molecule has 40 heavy (non-hydrogen) atoms. The third kappa shape index (κ3) is 8.75. The number of ether oxygens (including phenoxy) is 1. The fourth-order valence-corrected chi connectivity index (χ4v) is 5.25. The summed E-state index contributed by atoms with van der Waals surface area (Å²) < 4.78 is 6.24. The Hall–Kier alpha value is -3.00. The lowest BCUT2D eigenvalue weighted by Gasteiger charge is -2.34. The first-order valence-electron chi connectivity index (χ1n) is 14.6. The van der Waals surface area contributed by atoms with E-state index in [1.165, 1.54) is 38.0 Å². The highest BCUT2D eigenvalue weighted by molar-refractivity contribution is 5.78. The number of carbonyl (C=O) groups is 2. The minimum Gasteiger partial charge on any atom is -0.489 e. The summed E-state index contributed by atoms with van der Waals surface area (Å²) in [5.74, 6) is 1.64. The number of likely N-dealkylation sites (N-methyl/N-ethyl adjacent to an activating group) is 1. The Morgan fingerprint density at radius 2 is 1.68 bits per heavy atom. The Bertz CT molecular complexity index is 1120. The molecule has 2 aromatic rings. The number of nitrogens with zero attached hydrogens (tertiary/aromatic N) is 4. The molecule has 0 amide bonds. The molecule has 216 valence electrons. The number of piperazine rings is 1. The van der Waals surface area contributed by atoms with E-state index >= 15 is 0 Å². The third-order valence-electron chi connectivity index (χ3n) is 8.29. The molecule has 2 fully saturated rings. The third-order valence-corrected chi connectivity index (χ3v) is 8.29. The van der Waals surface area contributed by atoms with Crippen LogP contribution >= 0.6 is 0 Å². The van der Waals surface area contributed by atoms with Gasteiger partial charge in [-0.1, -0.05) is 43.0 Å². The summed E-state index contributed by atoms with van der Waals surface area (Å²) in [6, 6.07) is 13.9. The molecule has 0 aromatic heterocycles. The lowest BCUT2D eigenvalue weighted by Crippen LogP contribution is -2.46. The predicted molar refractivity (Wildman–Crippen MR) is 160 cm³/mol. The number of carbonyl (C=O) groups excluding carboxylic acids is 2. The first-order chi connectivity index (χ1) is 19.4. The lowest BCUT2D eigenvalue weighted by atomic mass is 10.0. The molecule has 0 N–H and O–H groups in total. The van der Waals surface area contributed by atoms with Crippen molar-refractivity contribution in [2.45, 2.75) is 51.4 Å². The molecule has 7 heteroatoms. The summed E-state index contributed by atoms with van der Waals surface area (Å²) in [5, 5.41) is 0. The zero-order valence-electron chi connectivity index (χ0n) is 24.6. The van der Waals surface area contributed by atoms with Crippen molar-refractivity contribution >= 4 is 12.6 Å². The summed E-state index contributed by atoms with van der Waals surface area (Å²) in [6.45, 7) is 11.8. The van der Waals surface area contributed by atoms with E-state index < -0.39 is 0 Å². The van der Waals surface area contributed by atoms with E-state index in [4.69, 9.17) is 4.74 Å². The Labute approximate surface area is 240 Å². The van der Waals surface area contributed by atoms with Gasteiger partial charge in [-0.25, -0.2) is 0 Å². The summed E-state index contributed by atoms with van der Waals surface area (Å²) in [6.07, 6.45) is 6.08. The van der Waals surface area contributed by atoms with E-state index in [9.17, 15) is 9.59 Å². The zero-order valence-corrected chi connectivity index (χ0v) is 24.6. The van der Waals surface area contributed by atoms with Gasteiger partial charge in [-0.05, 0) is 55.8 Å². The highest BCUT2D eigenvalue weighted by atomic mass is 16.5. The summed E-state index contributed by atoms with van der Waals surface area (Å²) >= 11 is 0. The average molecular weight is 547 g/mol. The van der Waals surface area contributed by atoms with Crippen LogP contribution in [-0.2, 0) is 24.5 Å². The van der Waals surface area contributed by atoms with Crippen molar-refractivity contribution in [2.24, 2.45) is 5.92 Å². The maximum atomic E-state index is 11.9. The minimum absolute atomic E-state index is 0.280. The molecule has 0 bridgehead atoms. The van der Waals surface area contributed by atoms with Gasteiger partial charge in [0.25, 0.3) is 0 Å². The molecule has 4 rings (SSSR count). The SMILES string of the molecule is C=C(CCC(C=O)N(C)Cc1c(C=O)cccc1OCc1ccc(CN2CCN(CC3CC3)CC2)cc1)N(C)C. The van der Waals surface area contributed by atoms with Crippen LogP contribution < -0.4 is 4.74 Å². The molecule has 1 aliphatic heterocycles. The Morgan fingerprint density at radius 1 is 1.00 bits per heavy atom. The summed E-state index contributed by atoms with van der Waals surface area (Å²) in [7, 11) is 5.82. The second kappa shape index (κ2) is 14.6. The normalized spacial score (nSPS) is 17.0. The topological polar surface area (TPSA) is 56.3 Å². The molecule has 2 aliphatic rings. The van der Waals surface area contributed by atoms with Gasteiger partial charge in [-0.2, -0.15) is 0 Å². The Morgan fingerprint density at radius 3 is 2.30 bits per heavy atom. The van der Waals surface area contributed by atoms with Crippen molar-refractivity contribution in [1.29, 1.82) is 0 Å². The molecular weight excluding hydrogens is 500 g/mol. The van der Waals surface area contributed by atoms with Crippen molar-refractivity contribution < 1.29 is 14.3 Å². The van der Waals surface area contributed by atoms with E-state index in [0.717, 1.165) is 61.4 Å². The number of hydrogen-bond donors (Lipinski definition) is 0. The molecule has 2 aromatic carbocycles. The Balaban J connectivity index is 1.31. The highest BCUT2D eigenvalue weighted by Crippen LogP contribution is 2.30. The van der Waals surface area contributed by atoms with Crippen LogP contribution in [0.3, 0.4) is 0 Å². The Kier molecular flexibility index (Phi) is 10.9. The van der Waals surface area contributed by atoms with Gasteiger partial charge in [0.2, 0.25) is 0 Å². The standard InChI is InChI=1S/C33H46N4O3/c1-26(34(2)3)8-15-31(24-39)35(4)22-32-30(23-38)6-5-7-33(32)40-25-29-13-11-28(12-14-29)21-37-18-16-36(17-19-37)20-27-9-10-27/h5-7,11-14,23-24,27,31H,1,8-10,15-22,25H2,2-4H3. The molecule has 1 atom stereocenters. The van der Waals surface area contributed by atoms with Gasteiger partial charge < -0.3 is 19.3 Å². The highest BCUT2D eigenvalue weighted by Gasteiger charge is 2.26. The van der Waals surface area contributed by atoms with Crippen LogP contribution in [0.2, 0.25) is 0 Å². The maximum Gasteiger partial charge on any atom is 0.150 e. The maximum absolute atomic E-state index is 11.9. The average Bonchev–Trinajstić information content (AvgIpc) is 3.78. The van der Waals surface area contributed by atoms with E-state index in [-0.39, 0.29) is 6.04 Å². The summed E-state index contributed by atoms with van der Waals surface area (Å²) in [4.78, 5) is 32.9. The van der Waals surface area contributed by atoms with Crippen LogP contribution in [0, 0.1) is 5.92 Å². The van der Waals surface area contributed by atoms with Gasteiger partial charge in [-0.15, -0.1) is 0 Å². The van der Waals surface area contributed by atoms with Crippen molar-refractivity contribution in [1.82, 2.24) is 19.6 Å². The van der Waals surface area contributed by atoms with Crippen molar-refractivity contribution in [3.63, 3.8) is 0 Å². The molecule has 1 saturated heterocycles. The fourth-order valence-electron chi connectivity index (χ4n) is 5.25. The second-order valence-corrected chi connectivity index (χ2v) is 11.7. The summed E-state index contributed by atoms with van der Waals surface area (Å²) in [5.41, 5.74) is 4.77. The van der Waals surface area contributed by atoms with Crippen molar-refractivity contribution in [3.8, 4) is 5.75 Å².